The van der Waals surface area contributed by atoms with E-state index in [9.17, 15) is 17.6 Å². The zero-order valence-electron chi connectivity index (χ0n) is 18.9. The van der Waals surface area contributed by atoms with Crippen molar-refractivity contribution in [3.63, 3.8) is 0 Å². The quantitative estimate of drug-likeness (QED) is 0.230. The van der Waals surface area contributed by atoms with Crippen LogP contribution < -0.4 is 4.74 Å². The summed E-state index contributed by atoms with van der Waals surface area (Å²) < 4.78 is 61.9. The van der Waals surface area contributed by atoms with Crippen molar-refractivity contribution in [2.45, 2.75) is 39.3 Å². The van der Waals surface area contributed by atoms with E-state index in [0.717, 1.165) is 15.4 Å². The summed E-state index contributed by atoms with van der Waals surface area (Å²) in [6, 6.07) is 7.27. The number of alkyl halides is 2. The zero-order valence-corrected chi connectivity index (χ0v) is 20.4. The number of pyridine rings is 2. The lowest BCUT2D eigenvalue weighted by Crippen LogP contribution is -2.08. The molecule has 35 heavy (non-hydrogen) atoms. The zero-order chi connectivity index (χ0) is 25.1. The van der Waals surface area contributed by atoms with Crippen molar-refractivity contribution in [2.75, 3.05) is 0 Å². The largest absolute Gasteiger partial charge is 0.484 e. The van der Waals surface area contributed by atoms with Crippen molar-refractivity contribution in [2.24, 2.45) is 0 Å². The molecule has 5 nitrogen and oxygen atoms in total. The van der Waals surface area contributed by atoms with Gasteiger partial charge in [-0.1, -0.05) is 6.07 Å². The minimum Gasteiger partial charge on any atom is -0.484 e. The van der Waals surface area contributed by atoms with Gasteiger partial charge in [0.05, 0.1) is 23.8 Å². The molecule has 0 saturated heterocycles. The number of hydrogen-bond donors (Lipinski definition) is 0. The summed E-state index contributed by atoms with van der Waals surface area (Å²) in [7, 11) is 0. The standard InChI is InChI=1S/C25H21BrF4N4O/c1-14-24(6-17(26)10-31-14)35-15(2)21-7-18(27)3-4-20(21)22-8-19(28)11-32-23(22)5-16-9-33-34(12-16)13-25(29)30/h3-4,6-12,15,25H,5,13H2,1-2H3/t15-/m1/s1. The first-order valence-corrected chi connectivity index (χ1v) is 11.5. The Hall–Kier alpha value is -3.27. The van der Waals surface area contributed by atoms with E-state index in [1.165, 1.54) is 30.6 Å². The molecule has 0 aliphatic rings. The highest BCUT2D eigenvalue weighted by Gasteiger charge is 2.20. The Morgan fingerprint density at radius 2 is 1.80 bits per heavy atom. The van der Waals surface area contributed by atoms with Crippen LogP contribution in [0.4, 0.5) is 17.6 Å². The van der Waals surface area contributed by atoms with Crippen molar-refractivity contribution in [1.82, 2.24) is 19.7 Å². The van der Waals surface area contributed by atoms with Gasteiger partial charge in [-0.15, -0.1) is 0 Å². The molecule has 0 aliphatic heterocycles. The average molecular weight is 549 g/mol. The molecule has 4 aromatic rings. The Labute approximate surface area is 207 Å². The summed E-state index contributed by atoms with van der Waals surface area (Å²) in [5.41, 5.74) is 3.26. The average Bonchev–Trinajstić information content (AvgIpc) is 3.23. The van der Waals surface area contributed by atoms with Gasteiger partial charge in [-0.2, -0.15) is 5.10 Å². The van der Waals surface area contributed by atoms with Gasteiger partial charge in [0, 0.05) is 34.4 Å². The predicted molar refractivity (Wildman–Crippen MR) is 126 cm³/mol. The molecular formula is C25H21BrF4N4O. The first-order chi connectivity index (χ1) is 16.7. The molecule has 0 spiro atoms. The van der Waals surface area contributed by atoms with Crippen molar-refractivity contribution in [1.29, 1.82) is 0 Å². The lowest BCUT2D eigenvalue weighted by molar-refractivity contribution is 0.122. The number of aromatic nitrogens is 4. The van der Waals surface area contributed by atoms with Crippen LogP contribution in [0.2, 0.25) is 0 Å². The predicted octanol–water partition coefficient (Wildman–Crippen LogP) is 6.69. The van der Waals surface area contributed by atoms with Crippen molar-refractivity contribution in [3.8, 4) is 16.9 Å². The Morgan fingerprint density at radius 3 is 2.57 bits per heavy atom. The van der Waals surface area contributed by atoms with E-state index in [4.69, 9.17) is 4.74 Å². The van der Waals surface area contributed by atoms with Crippen molar-refractivity contribution >= 4 is 15.9 Å². The highest BCUT2D eigenvalue weighted by atomic mass is 79.9. The van der Waals surface area contributed by atoms with Crippen LogP contribution in [0.15, 0.2) is 59.6 Å². The molecule has 0 N–H and O–H groups in total. The number of aryl methyl sites for hydroxylation is 1. The van der Waals surface area contributed by atoms with Gasteiger partial charge < -0.3 is 4.74 Å². The SMILES string of the molecule is Cc1ncc(Br)cc1O[C@H](C)c1cc(F)ccc1-c1cc(F)cnc1Cc1cnn(CC(F)F)c1. The second-order valence-electron chi connectivity index (χ2n) is 8.02. The highest BCUT2D eigenvalue weighted by molar-refractivity contribution is 9.10. The fraction of sp³-hybridized carbons (Fsp3) is 0.240. The summed E-state index contributed by atoms with van der Waals surface area (Å²) in [6.07, 6.45) is 2.78. The minimum atomic E-state index is -2.53. The summed E-state index contributed by atoms with van der Waals surface area (Å²) in [5, 5.41) is 3.95. The molecule has 0 saturated carbocycles. The number of ether oxygens (including phenoxy) is 1. The van der Waals surface area contributed by atoms with E-state index in [0.29, 0.717) is 39.4 Å². The van der Waals surface area contributed by atoms with E-state index in [1.54, 1.807) is 32.2 Å². The highest BCUT2D eigenvalue weighted by Crippen LogP contribution is 2.35. The number of halogens is 5. The van der Waals surface area contributed by atoms with E-state index in [-0.39, 0.29) is 6.42 Å². The van der Waals surface area contributed by atoms with E-state index < -0.39 is 30.7 Å². The lowest BCUT2D eigenvalue weighted by Gasteiger charge is -2.21. The van der Waals surface area contributed by atoms with Gasteiger partial charge in [0.15, 0.2) is 0 Å². The van der Waals surface area contributed by atoms with Gasteiger partial charge in [0.25, 0.3) is 6.43 Å². The van der Waals surface area contributed by atoms with Gasteiger partial charge in [0.1, 0.15) is 30.0 Å². The van der Waals surface area contributed by atoms with Gasteiger partial charge in [0.2, 0.25) is 0 Å². The van der Waals surface area contributed by atoms with Gasteiger partial charge in [-0.05, 0) is 65.2 Å². The summed E-state index contributed by atoms with van der Waals surface area (Å²) in [5.74, 6) is -0.512. The first-order valence-electron chi connectivity index (χ1n) is 10.7. The van der Waals surface area contributed by atoms with Crippen molar-refractivity contribution < 1.29 is 22.3 Å². The number of rotatable bonds is 8. The molecule has 1 aromatic carbocycles. The second kappa shape index (κ2) is 10.6. The van der Waals surface area contributed by atoms with Crippen LogP contribution in [-0.4, -0.2) is 26.2 Å². The third-order valence-electron chi connectivity index (χ3n) is 5.37. The van der Waals surface area contributed by atoms with Gasteiger partial charge in [-0.3, -0.25) is 14.6 Å². The Morgan fingerprint density at radius 1 is 1.00 bits per heavy atom. The monoisotopic (exact) mass is 548 g/mol. The Bertz CT molecular complexity index is 1350. The topological polar surface area (TPSA) is 52.8 Å². The van der Waals surface area contributed by atoms with Crippen LogP contribution in [0, 0.1) is 18.6 Å². The molecule has 3 heterocycles. The molecular weight excluding hydrogens is 528 g/mol. The summed E-state index contributed by atoms with van der Waals surface area (Å²) >= 11 is 3.37. The first kappa shape index (κ1) is 24.8. The molecule has 0 amide bonds. The molecule has 0 aliphatic carbocycles. The van der Waals surface area contributed by atoms with Crippen LogP contribution in [0.5, 0.6) is 5.75 Å². The fourth-order valence-corrected chi connectivity index (χ4v) is 4.06. The minimum absolute atomic E-state index is 0.222. The molecule has 4 rings (SSSR count). The van der Waals surface area contributed by atoms with Crippen LogP contribution in [0.3, 0.4) is 0 Å². The van der Waals surface area contributed by atoms with Gasteiger partial charge in [-0.25, -0.2) is 17.6 Å². The fourth-order valence-electron chi connectivity index (χ4n) is 3.75. The van der Waals surface area contributed by atoms with Crippen LogP contribution in [0.25, 0.3) is 11.1 Å². The molecule has 3 aromatic heterocycles. The summed E-state index contributed by atoms with van der Waals surface area (Å²) in [4.78, 5) is 8.50. The van der Waals surface area contributed by atoms with Crippen LogP contribution in [-0.2, 0) is 13.0 Å². The third-order valence-corrected chi connectivity index (χ3v) is 5.81. The number of benzene rings is 1. The number of nitrogens with zero attached hydrogens (tertiary/aromatic N) is 4. The van der Waals surface area contributed by atoms with Crippen molar-refractivity contribution in [3.05, 3.63) is 93.7 Å². The molecule has 0 radical (unpaired) electrons. The lowest BCUT2D eigenvalue weighted by atomic mass is 9.93. The van der Waals surface area contributed by atoms with Gasteiger partial charge >= 0.3 is 0 Å². The Balaban J connectivity index is 1.71. The van der Waals surface area contributed by atoms with Crippen LogP contribution in [0.1, 0.15) is 35.5 Å². The second-order valence-corrected chi connectivity index (χ2v) is 8.93. The van der Waals surface area contributed by atoms with E-state index in [1.807, 2.05) is 0 Å². The smallest absolute Gasteiger partial charge is 0.257 e. The molecule has 182 valence electrons. The maximum absolute atomic E-state index is 14.3. The maximum Gasteiger partial charge on any atom is 0.257 e. The third kappa shape index (κ3) is 6.05. The molecule has 10 heteroatoms. The Kier molecular flexibility index (Phi) is 7.49. The molecule has 0 unspecified atom stereocenters. The molecule has 1 atom stereocenters. The van der Waals surface area contributed by atoms with E-state index >= 15 is 0 Å². The van der Waals surface area contributed by atoms with Crippen LogP contribution >= 0.6 is 15.9 Å². The van der Waals surface area contributed by atoms with E-state index in [2.05, 4.69) is 31.0 Å². The summed E-state index contributed by atoms with van der Waals surface area (Å²) in [6.45, 7) is 3.04. The maximum atomic E-state index is 14.3. The molecule has 0 fully saturated rings. The number of hydrogen-bond acceptors (Lipinski definition) is 4. The molecule has 0 bridgehead atoms. The normalized spacial score (nSPS) is 12.2.